The normalized spacial score (nSPS) is 12.6. The molecule has 1 unspecified atom stereocenters. The van der Waals surface area contributed by atoms with Crippen LogP contribution in [0.5, 0.6) is 0 Å². The molecule has 82 valence electrons. The van der Waals surface area contributed by atoms with Gasteiger partial charge in [-0.25, -0.2) is 0 Å². The van der Waals surface area contributed by atoms with Crippen molar-refractivity contribution in [3.8, 4) is 0 Å². The molecular weight excluding hydrogens is 180 g/mol. The first-order chi connectivity index (χ1) is 6.56. The number of carbonyl (C=O) groups is 2. The predicted octanol–water partition coefficient (Wildman–Crippen LogP) is 0.422. The van der Waals surface area contributed by atoms with Gasteiger partial charge in [-0.05, 0) is 20.0 Å². The Balaban J connectivity index is 4.42. The van der Waals surface area contributed by atoms with Crippen LogP contribution >= 0.6 is 0 Å². The molecule has 1 atom stereocenters. The summed E-state index contributed by atoms with van der Waals surface area (Å²) >= 11 is 0. The van der Waals surface area contributed by atoms with E-state index in [9.17, 15) is 9.59 Å². The minimum atomic E-state index is -0.273. The zero-order valence-electron chi connectivity index (χ0n) is 9.46. The summed E-state index contributed by atoms with van der Waals surface area (Å²) in [5.41, 5.74) is 0. The standard InChI is InChI=1S/C10H20N2O2/c1-5-12(6-2)9(8(3)13)7-10(14)11-4/h9H,5-7H2,1-4H3,(H,11,14). The van der Waals surface area contributed by atoms with Crippen LogP contribution in [-0.4, -0.2) is 42.8 Å². The maximum atomic E-state index is 11.3. The van der Waals surface area contributed by atoms with Crippen LogP contribution in [0.1, 0.15) is 27.2 Å². The average Bonchev–Trinajstić information content (AvgIpc) is 2.17. The predicted molar refractivity (Wildman–Crippen MR) is 56.1 cm³/mol. The molecule has 0 aliphatic carbocycles. The fraction of sp³-hybridized carbons (Fsp3) is 0.800. The number of ketones is 1. The molecule has 0 rings (SSSR count). The lowest BCUT2D eigenvalue weighted by Gasteiger charge is -2.26. The molecule has 1 N–H and O–H groups in total. The second kappa shape index (κ2) is 6.54. The highest BCUT2D eigenvalue weighted by atomic mass is 16.2. The van der Waals surface area contributed by atoms with Crippen LogP contribution < -0.4 is 5.32 Å². The van der Waals surface area contributed by atoms with Crippen molar-refractivity contribution in [2.24, 2.45) is 0 Å². The van der Waals surface area contributed by atoms with E-state index in [-0.39, 0.29) is 24.2 Å². The lowest BCUT2D eigenvalue weighted by Crippen LogP contribution is -2.43. The summed E-state index contributed by atoms with van der Waals surface area (Å²) in [4.78, 5) is 24.5. The summed E-state index contributed by atoms with van der Waals surface area (Å²) in [7, 11) is 1.59. The van der Waals surface area contributed by atoms with E-state index < -0.39 is 0 Å². The molecule has 0 fully saturated rings. The summed E-state index contributed by atoms with van der Waals surface area (Å²) in [6, 6.07) is -0.273. The van der Waals surface area contributed by atoms with Crippen LogP contribution in [0.15, 0.2) is 0 Å². The van der Waals surface area contributed by atoms with Crippen LogP contribution in [-0.2, 0) is 9.59 Å². The number of amides is 1. The van der Waals surface area contributed by atoms with Crippen molar-refractivity contribution in [2.45, 2.75) is 33.2 Å². The van der Waals surface area contributed by atoms with Crippen LogP contribution in [0.2, 0.25) is 0 Å². The number of Topliss-reactive ketones (excluding diaryl/α,β-unsaturated/α-hetero) is 1. The largest absolute Gasteiger partial charge is 0.359 e. The van der Waals surface area contributed by atoms with Crippen molar-refractivity contribution in [2.75, 3.05) is 20.1 Å². The van der Waals surface area contributed by atoms with Crippen LogP contribution in [0, 0.1) is 0 Å². The zero-order chi connectivity index (χ0) is 11.1. The van der Waals surface area contributed by atoms with E-state index in [0.717, 1.165) is 13.1 Å². The van der Waals surface area contributed by atoms with Gasteiger partial charge in [-0.15, -0.1) is 0 Å². The molecule has 0 radical (unpaired) electrons. The van der Waals surface area contributed by atoms with E-state index >= 15 is 0 Å². The van der Waals surface area contributed by atoms with Crippen molar-refractivity contribution in [1.29, 1.82) is 0 Å². The highest BCUT2D eigenvalue weighted by Gasteiger charge is 2.22. The molecule has 0 aromatic carbocycles. The number of likely N-dealkylation sites (N-methyl/N-ethyl adjacent to an activating group) is 1. The number of nitrogens with zero attached hydrogens (tertiary/aromatic N) is 1. The topological polar surface area (TPSA) is 49.4 Å². The Morgan fingerprint density at radius 2 is 1.79 bits per heavy atom. The van der Waals surface area contributed by atoms with E-state index in [1.54, 1.807) is 7.05 Å². The molecule has 0 saturated carbocycles. The molecule has 0 bridgehead atoms. The summed E-state index contributed by atoms with van der Waals surface area (Å²) in [5, 5.41) is 2.54. The molecule has 1 amide bonds. The van der Waals surface area contributed by atoms with Crippen LogP contribution in [0.25, 0.3) is 0 Å². The SMILES string of the molecule is CCN(CC)C(CC(=O)NC)C(C)=O. The first-order valence-electron chi connectivity index (χ1n) is 5.01. The molecule has 0 aromatic rings. The van der Waals surface area contributed by atoms with Gasteiger partial charge in [0.15, 0.2) is 0 Å². The molecule has 0 aromatic heterocycles. The van der Waals surface area contributed by atoms with E-state index in [4.69, 9.17) is 0 Å². The van der Waals surface area contributed by atoms with E-state index in [1.165, 1.54) is 6.92 Å². The lowest BCUT2D eigenvalue weighted by molar-refractivity contribution is -0.128. The van der Waals surface area contributed by atoms with Crippen molar-refractivity contribution >= 4 is 11.7 Å². The van der Waals surface area contributed by atoms with Crippen molar-refractivity contribution in [3.63, 3.8) is 0 Å². The van der Waals surface area contributed by atoms with E-state index in [2.05, 4.69) is 5.32 Å². The molecule has 0 aliphatic heterocycles. The number of hydrogen-bond acceptors (Lipinski definition) is 3. The van der Waals surface area contributed by atoms with Gasteiger partial charge in [0.1, 0.15) is 5.78 Å². The van der Waals surface area contributed by atoms with E-state index in [0.29, 0.717) is 0 Å². The molecule has 0 aliphatic rings. The number of hydrogen-bond donors (Lipinski definition) is 1. The van der Waals surface area contributed by atoms with Gasteiger partial charge >= 0.3 is 0 Å². The van der Waals surface area contributed by atoms with Gasteiger partial charge < -0.3 is 5.32 Å². The summed E-state index contributed by atoms with van der Waals surface area (Å²) < 4.78 is 0. The quantitative estimate of drug-likeness (QED) is 0.676. The van der Waals surface area contributed by atoms with Gasteiger partial charge in [0, 0.05) is 13.5 Å². The maximum absolute atomic E-state index is 11.3. The Hall–Kier alpha value is -0.900. The van der Waals surface area contributed by atoms with Gasteiger partial charge in [-0.1, -0.05) is 13.8 Å². The van der Waals surface area contributed by atoms with Gasteiger partial charge in [-0.3, -0.25) is 14.5 Å². The van der Waals surface area contributed by atoms with Gasteiger partial charge in [-0.2, -0.15) is 0 Å². The molecule has 4 heteroatoms. The van der Waals surface area contributed by atoms with Crippen LogP contribution in [0.3, 0.4) is 0 Å². The Kier molecular flexibility index (Phi) is 6.12. The first-order valence-corrected chi connectivity index (χ1v) is 5.01. The molecule has 0 heterocycles. The Bertz CT molecular complexity index is 200. The third-order valence-corrected chi connectivity index (χ3v) is 2.38. The van der Waals surface area contributed by atoms with Crippen molar-refractivity contribution in [3.05, 3.63) is 0 Å². The fourth-order valence-electron chi connectivity index (χ4n) is 1.47. The fourth-order valence-corrected chi connectivity index (χ4v) is 1.47. The first kappa shape index (κ1) is 13.1. The number of rotatable bonds is 6. The third-order valence-electron chi connectivity index (χ3n) is 2.38. The molecule has 0 spiro atoms. The minimum Gasteiger partial charge on any atom is -0.359 e. The second-order valence-corrected chi connectivity index (χ2v) is 3.22. The van der Waals surface area contributed by atoms with Crippen molar-refractivity contribution < 1.29 is 9.59 Å². The molecule has 14 heavy (non-hydrogen) atoms. The van der Waals surface area contributed by atoms with Crippen molar-refractivity contribution in [1.82, 2.24) is 10.2 Å². The zero-order valence-corrected chi connectivity index (χ0v) is 9.46. The number of carbonyl (C=O) groups excluding carboxylic acids is 2. The van der Waals surface area contributed by atoms with Gasteiger partial charge in [0.05, 0.1) is 6.04 Å². The highest BCUT2D eigenvalue weighted by molar-refractivity contribution is 5.88. The molecule has 0 saturated heterocycles. The lowest BCUT2D eigenvalue weighted by atomic mass is 10.1. The molecular formula is C10H20N2O2. The summed E-state index contributed by atoms with van der Waals surface area (Å²) in [6.07, 6.45) is 0.257. The van der Waals surface area contributed by atoms with E-state index in [1.807, 2.05) is 18.7 Å². The maximum Gasteiger partial charge on any atom is 0.221 e. The number of nitrogens with one attached hydrogen (secondary N) is 1. The van der Waals surface area contributed by atoms with Gasteiger partial charge in [0.2, 0.25) is 5.91 Å². The average molecular weight is 200 g/mol. The molecule has 4 nitrogen and oxygen atoms in total. The Labute approximate surface area is 85.7 Å². The Morgan fingerprint density at radius 3 is 2.07 bits per heavy atom. The third kappa shape index (κ3) is 3.87. The second-order valence-electron chi connectivity index (χ2n) is 3.22. The van der Waals surface area contributed by atoms with Gasteiger partial charge in [0.25, 0.3) is 0 Å². The smallest absolute Gasteiger partial charge is 0.221 e. The minimum absolute atomic E-state index is 0.0531. The highest BCUT2D eigenvalue weighted by Crippen LogP contribution is 2.05. The summed E-state index contributed by atoms with van der Waals surface area (Å²) in [6.45, 7) is 7.09. The van der Waals surface area contributed by atoms with Crippen LogP contribution in [0.4, 0.5) is 0 Å². The summed E-state index contributed by atoms with van der Waals surface area (Å²) in [5.74, 6) is -0.0330. The Morgan fingerprint density at radius 1 is 1.29 bits per heavy atom. The monoisotopic (exact) mass is 200 g/mol.